The third-order valence-electron chi connectivity index (χ3n) is 3.37. The van der Waals surface area contributed by atoms with E-state index in [9.17, 15) is 5.11 Å². The number of halogens is 2. The largest absolute Gasteiger partial charge is 0.394 e. The van der Waals surface area contributed by atoms with Crippen LogP contribution >= 0.6 is 34.2 Å². The molecule has 0 aromatic carbocycles. The number of hydrogen-bond acceptors (Lipinski definition) is 6. The van der Waals surface area contributed by atoms with Crippen molar-refractivity contribution in [2.75, 3.05) is 12.3 Å². The third-order valence-corrected chi connectivity index (χ3v) is 5.11. The molecule has 2 aromatic rings. The van der Waals surface area contributed by atoms with Crippen molar-refractivity contribution >= 4 is 51.0 Å². The van der Waals surface area contributed by atoms with E-state index in [0.717, 1.165) is 3.57 Å². The van der Waals surface area contributed by atoms with Gasteiger partial charge in [-0.05, 0) is 22.6 Å². The van der Waals surface area contributed by atoms with Crippen molar-refractivity contribution in [3.63, 3.8) is 0 Å². The molecule has 20 heavy (non-hydrogen) atoms. The van der Waals surface area contributed by atoms with Gasteiger partial charge < -0.3 is 20.7 Å². The maximum atomic E-state index is 9.84. The van der Waals surface area contributed by atoms with Crippen molar-refractivity contribution in [1.82, 2.24) is 14.5 Å². The molecule has 0 spiro atoms. The highest BCUT2D eigenvalue weighted by Crippen LogP contribution is 2.39. The summed E-state index contributed by atoms with van der Waals surface area (Å²) in [5.74, 6) is 0.345. The SMILES string of the molecule is Nc1ncnc2c1c(I)c(Cl)n2[C@H]1C[C@H](O)[C@@H](CO)O1. The number of ether oxygens (including phenoxy) is 1. The first-order chi connectivity index (χ1) is 9.54. The van der Waals surface area contributed by atoms with E-state index in [1.807, 2.05) is 0 Å². The summed E-state index contributed by atoms with van der Waals surface area (Å²) in [6.45, 7) is -0.247. The lowest BCUT2D eigenvalue weighted by Gasteiger charge is -2.15. The first kappa shape index (κ1) is 14.3. The van der Waals surface area contributed by atoms with Gasteiger partial charge in [-0.25, -0.2) is 9.97 Å². The Morgan fingerprint density at radius 2 is 2.30 bits per heavy atom. The van der Waals surface area contributed by atoms with Gasteiger partial charge >= 0.3 is 0 Å². The second-order valence-electron chi connectivity index (χ2n) is 4.55. The van der Waals surface area contributed by atoms with Crippen LogP contribution in [0.25, 0.3) is 11.0 Å². The highest BCUT2D eigenvalue weighted by Gasteiger charge is 2.37. The fraction of sp³-hybridized carbons (Fsp3) is 0.455. The van der Waals surface area contributed by atoms with E-state index in [2.05, 4.69) is 32.6 Å². The van der Waals surface area contributed by atoms with Gasteiger partial charge in [-0.15, -0.1) is 0 Å². The highest BCUT2D eigenvalue weighted by atomic mass is 127. The molecule has 1 fully saturated rings. The monoisotopic (exact) mass is 410 g/mol. The highest BCUT2D eigenvalue weighted by molar-refractivity contribution is 14.1. The van der Waals surface area contributed by atoms with Crippen molar-refractivity contribution in [3.05, 3.63) is 15.1 Å². The van der Waals surface area contributed by atoms with Crippen LogP contribution in [0.15, 0.2) is 6.33 Å². The molecule has 0 amide bonds. The van der Waals surface area contributed by atoms with E-state index >= 15 is 0 Å². The molecule has 4 N–H and O–H groups in total. The molecule has 9 heteroatoms. The molecule has 2 aromatic heterocycles. The minimum absolute atomic E-state index is 0.247. The molecule has 0 bridgehead atoms. The summed E-state index contributed by atoms with van der Waals surface area (Å²) < 4.78 is 8.04. The third kappa shape index (κ3) is 2.06. The van der Waals surface area contributed by atoms with Gasteiger partial charge in [-0.2, -0.15) is 0 Å². The standard InChI is InChI=1S/C11H12ClIN4O3/c12-9-8(13)7-10(14)15-3-16-11(7)17(9)6-1-4(19)5(2-18)20-6/h3-6,18-19H,1-2H2,(H2,14,15,16)/t4-,5+,6+/m0/s1. The van der Waals surface area contributed by atoms with Crippen LogP contribution in [0.5, 0.6) is 0 Å². The summed E-state index contributed by atoms with van der Waals surface area (Å²) in [6.07, 6.45) is -0.166. The van der Waals surface area contributed by atoms with Gasteiger partial charge in [0.15, 0.2) is 0 Å². The molecule has 0 saturated carbocycles. The van der Waals surface area contributed by atoms with E-state index < -0.39 is 18.4 Å². The van der Waals surface area contributed by atoms with Gasteiger partial charge in [0.2, 0.25) is 0 Å². The van der Waals surface area contributed by atoms with Crippen molar-refractivity contribution in [3.8, 4) is 0 Å². The number of nitrogen functional groups attached to an aromatic ring is 1. The lowest BCUT2D eigenvalue weighted by atomic mass is 10.2. The lowest BCUT2D eigenvalue weighted by molar-refractivity contribution is -0.0429. The average molecular weight is 411 g/mol. The number of nitrogens with zero attached hydrogens (tertiary/aromatic N) is 3. The Balaban J connectivity index is 2.13. The predicted molar refractivity (Wildman–Crippen MR) is 81.3 cm³/mol. The quantitative estimate of drug-likeness (QED) is 0.636. The molecule has 1 aliphatic rings. The van der Waals surface area contributed by atoms with Crippen LogP contribution in [-0.4, -0.2) is 43.6 Å². The van der Waals surface area contributed by atoms with Crippen LogP contribution < -0.4 is 5.73 Å². The second kappa shape index (κ2) is 5.26. The molecule has 7 nitrogen and oxygen atoms in total. The number of rotatable bonds is 2. The van der Waals surface area contributed by atoms with E-state index in [4.69, 9.17) is 27.2 Å². The van der Waals surface area contributed by atoms with Crippen molar-refractivity contribution < 1.29 is 14.9 Å². The zero-order valence-corrected chi connectivity index (χ0v) is 13.1. The summed E-state index contributed by atoms with van der Waals surface area (Å²) in [7, 11) is 0. The number of fused-ring (bicyclic) bond motifs is 1. The van der Waals surface area contributed by atoms with Crippen LogP contribution in [0, 0.1) is 3.57 Å². The lowest BCUT2D eigenvalue weighted by Crippen LogP contribution is -2.24. The fourth-order valence-electron chi connectivity index (χ4n) is 2.38. The van der Waals surface area contributed by atoms with E-state index in [-0.39, 0.29) is 6.61 Å². The summed E-state index contributed by atoms with van der Waals surface area (Å²) in [4.78, 5) is 8.16. The Labute approximate surface area is 132 Å². The number of hydrogen-bond donors (Lipinski definition) is 3. The second-order valence-corrected chi connectivity index (χ2v) is 5.98. The summed E-state index contributed by atoms with van der Waals surface area (Å²) >= 11 is 8.41. The van der Waals surface area contributed by atoms with E-state index in [1.54, 1.807) is 4.57 Å². The molecule has 0 aliphatic carbocycles. The molecule has 3 rings (SSSR count). The first-order valence-electron chi connectivity index (χ1n) is 5.94. The maximum absolute atomic E-state index is 9.84. The fourth-order valence-corrected chi connectivity index (χ4v) is 3.45. The smallest absolute Gasteiger partial charge is 0.149 e. The Morgan fingerprint density at radius 1 is 1.55 bits per heavy atom. The molecule has 1 saturated heterocycles. The minimum atomic E-state index is -0.740. The molecule has 108 valence electrons. The van der Waals surface area contributed by atoms with Crippen molar-refractivity contribution in [1.29, 1.82) is 0 Å². The van der Waals surface area contributed by atoms with Crippen LogP contribution in [-0.2, 0) is 4.74 Å². The normalized spacial score (nSPS) is 26.5. The number of aliphatic hydroxyl groups is 2. The molecular weight excluding hydrogens is 399 g/mol. The summed E-state index contributed by atoms with van der Waals surface area (Å²) in [5, 5.41) is 20.1. The summed E-state index contributed by atoms with van der Waals surface area (Å²) in [6, 6.07) is 0. The number of aromatic nitrogens is 3. The van der Waals surface area contributed by atoms with Crippen molar-refractivity contribution in [2.24, 2.45) is 0 Å². The summed E-state index contributed by atoms with van der Waals surface area (Å²) in [5.41, 5.74) is 6.42. The van der Waals surface area contributed by atoms with Gasteiger partial charge in [-0.1, -0.05) is 11.6 Å². The van der Waals surface area contributed by atoms with E-state index in [1.165, 1.54) is 6.33 Å². The maximum Gasteiger partial charge on any atom is 0.149 e. The van der Waals surface area contributed by atoms with Gasteiger partial charge in [-0.3, -0.25) is 4.57 Å². The molecule has 1 aliphatic heterocycles. The van der Waals surface area contributed by atoms with Gasteiger partial charge in [0.1, 0.15) is 35.3 Å². The van der Waals surface area contributed by atoms with Crippen LogP contribution in [0.4, 0.5) is 5.82 Å². The topological polar surface area (TPSA) is 106 Å². The minimum Gasteiger partial charge on any atom is -0.394 e. The molecular formula is C11H12ClIN4O3. The zero-order valence-electron chi connectivity index (χ0n) is 10.2. The van der Waals surface area contributed by atoms with E-state index in [0.29, 0.717) is 28.4 Å². The number of nitrogens with two attached hydrogens (primary N) is 1. The van der Waals surface area contributed by atoms with Gasteiger partial charge in [0.05, 0.1) is 21.7 Å². The first-order valence-corrected chi connectivity index (χ1v) is 7.40. The zero-order chi connectivity index (χ0) is 14.4. The Morgan fingerprint density at radius 3 is 2.95 bits per heavy atom. The number of anilines is 1. The predicted octanol–water partition coefficient (Wildman–Crippen LogP) is 0.912. The van der Waals surface area contributed by atoms with Gasteiger partial charge in [0.25, 0.3) is 0 Å². The number of aliphatic hydroxyl groups excluding tert-OH is 2. The molecule has 0 unspecified atom stereocenters. The Kier molecular flexibility index (Phi) is 3.75. The molecule has 0 radical (unpaired) electrons. The average Bonchev–Trinajstić information content (AvgIpc) is 2.90. The van der Waals surface area contributed by atoms with Crippen LogP contribution in [0.1, 0.15) is 12.6 Å². The Hall–Kier alpha value is -0.680. The van der Waals surface area contributed by atoms with Crippen molar-refractivity contribution in [2.45, 2.75) is 24.9 Å². The molecule has 3 heterocycles. The van der Waals surface area contributed by atoms with Crippen LogP contribution in [0.2, 0.25) is 5.15 Å². The Bertz CT molecular complexity index is 665. The van der Waals surface area contributed by atoms with Gasteiger partial charge in [0, 0.05) is 6.42 Å². The van der Waals surface area contributed by atoms with Crippen LogP contribution in [0.3, 0.4) is 0 Å². The molecule has 3 atom stereocenters.